The van der Waals surface area contributed by atoms with Crippen LogP contribution in [0.15, 0.2) is 79.1 Å². The Morgan fingerprint density at radius 2 is 1.63 bits per heavy atom. The minimum atomic E-state index is -0.310. The molecule has 0 N–H and O–H groups in total. The average molecular weight is 400 g/mol. The molecule has 0 aliphatic carbocycles. The third-order valence-corrected chi connectivity index (χ3v) is 4.99. The number of hydrogen-bond acceptors (Lipinski definition) is 3. The minimum absolute atomic E-state index is 0.0508. The number of benzene rings is 2. The molecule has 1 amide bonds. The molecule has 2 aromatic carbocycles. The fraction of sp³-hybridized carbons (Fsp3) is 0.125. The minimum Gasteiger partial charge on any atom is -0.299 e. The van der Waals surface area contributed by atoms with Crippen LogP contribution in [0.4, 0.5) is 10.2 Å². The molecule has 0 aliphatic heterocycles. The molecule has 0 bridgehead atoms. The molecular weight excluding hydrogens is 379 g/mol. The van der Waals surface area contributed by atoms with Gasteiger partial charge < -0.3 is 0 Å². The van der Waals surface area contributed by atoms with Gasteiger partial charge in [-0.25, -0.2) is 4.39 Å². The topological polar surface area (TPSA) is 51.0 Å². The summed E-state index contributed by atoms with van der Waals surface area (Å²) < 4.78 is 15.2. The summed E-state index contributed by atoms with van der Waals surface area (Å²) in [4.78, 5) is 18.8. The lowest BCUT2D eigenvalue weighted by molar-refractivity contribution is -0.117. The third-order valence-electron chi connectivity index (χ3n) is 4.99. The Kier molecular flexibility index (Phi) is 5.39. The van der Waals surface area contributed by atoms with E-state index < -0.39 is 0 Å². The summed E-state index contributed by atoms with van der Waals surface area (Å²) in [7, 11) is 3.56. The van der Waals surface area contributed by atoms with E-state index in [1.54, 1.807) is 48.2 Å². The SMILES string of the molecule is CN(C(=O)Cc1ccccc1)c1c(-c2ccncc2)c(-c2ccc(F)cc2)nn1C. The normalized spacial score (nSPS) is 10.8. The lowest BCUT2D eigenvalue weighted by atomic mass is 10.0. The average Bonchev–Trinajstić information content (AvgIpc) is 3.12. The molecule has 0 aliphatic rings. The number of likely N-dealkylation sites (N-methyl/N-ethyl adjacent to an activating group) is 1. The monoisotopic (exact) mass is 400 g/mol. The maximum atomic E-state index is 13.5. The van der Waals surface area contributed by atoms with E-state index in [4.69, 9.17) is 0 Å². The van der Waals surface area contributed by atoms with Gasteiger partial charge in [0.05, 0.1) is 12.0 Å². The van der Waals surface area contributed by atoms with Crippen molar-refractivity contribution in [3.8, 4) is 22.4 Å². The number of carbonyl (C=O) groups is 1. The Balaban J connectivity index is 1.81. The van der Waals surface area contributed by atoms with Crippen molar-refractivity contribution in [1.82, 2.24) is 14.8 Å². The van der Waals surface area contributed by atoms with Crippen LogP contribution in [0.25, 0.3) is 22.4 Å². The van der Waals surface area contributed by atoms with Gasteiger partial charge in [-0.2, -0.15) is 5.10 Å². The van der Waals surface area contributed by atoms with Crippen LogP contribution in [-0.4, -0.2) is 27.7 Å². The van der Waals surface area contributed by atoms with Gasteiger partial charge in [0, 0.05) is 32.1 Å². The van der Waals surface area contributed by atoms with Gasteiger partial charge in [-0.3, -0.25) is 19.4 Å². The number of rotatable bonds is 5. The first kappa shape index (κ1) is 19.5. The second kappa shape index (κ2) is 8.29. The molecule has 0 spiro atoms. The summed E-state index contributed by atoms with van der Waals surface area (Å²) in [6, 6.07) is 19.6. The summed E-state index contributed by atoms with van der Waals surface area (Å²) in [6.07, 6.45) is 3.68. The molecule has 0 fully saturated rings. The summed E-state index contributed by atoms with van der Waals surface area (Å²) in [5.74, 6) is 0.308. The molecule has 0 atom stereocenters. The Labute approximate surface area is 174 Å². The van der Waals surface area contributed by atoms with E-state index in [0.29, 0.717) is 11.5 Å². The van der Waals surface area contributed by atoms with Gasteiger partial charge >= 0.3 is 0 Å². The molecule has 2 aromatic heterocycles. The molecule has 30 heavy (non-hydrogen) atoms. The quantitative estimate of drug-likeness (QED) is 0.496. The molecule has 4 rings (SSSR count). The molecule has 0 saturated carbocycles. The van der Waals surface area contributed by atoms with Crippen LogP contribution in [0.1, 0.15) is 5.56 Å². The Morgan fingerprint density at radius 1 is 0.967 bits per heavy atom. The first-order valence-electron chi connectivity index (χ1n) is 9.58. The van der Waals surface area contributed by atoms with Gasteiger partial charge in [0.1, 0.15) is 17.3 Å². The number of aromatic nitrogens is 3. The van der Waals surface area contributed by atoms with Gasteiger partial charge in [0.25, 0.3) is 0 Å². The number of aryl methyl sites for hydroxylation is 1. The number of anilines is 1. The summed E-state index contributed by atoms with van der Waals surface area (Å²) in [6.45, 7) is 0. The number of nitrogens with zero attached hydrogens (tertiary/aromatic N) is 4. The molecule has 4 aromatic rings. The second-order valence-electron chi connectivity index (χ2n) is 7.03. The zero-order chi connectivity index (χ0) is 21.1. The van der Waals surface area contributed by atoms with E-state index in [2.05, 4.69) is 10.1 Å². The second-order valence-corrected chi connectivity index (χ2v) is 7.03. The Bertz CT molecular complexity index is 1160. The van der Waals surface area contributed by atoms with Crippen LogP contribution in [0.3, 0.4) is 0 Å². The van der Waals surface area contributed by atoms with Crippen LogP contribution in [-0.2, 0) is 18.3 Å². The highest BCUT2D eigenvalue weighted by atomic mass is 19.1. The van der Waals surface area contributed by atoms with E-state index in [-0.39, 0.29) is 18.1 Å². The first-order chi connectivity index (χ1) is 14.5. The highest BCUT2D eigenvalue weighted by molar-refractivity contribution is 6.00. The highest BCUT2D eigenvalue weighted by Gasteiger charge is 2.25. The van der Waals surface area contributed by atoms with Crippen LogP contribution < -0.4 is 4.90 Å². The molecule has 0 saturated heterocycles. The standard InChI is InChI=1S/C24H21FN4O/c1-28(21(30)16-17-6-4-3-5-7-17)24-22(18-12-14-26-15-13-18)23(27-29(24)2)19-8-10-20(25)11-9-19/h3-15H,16H2,1-2H3. The van der Waals surface area contributed by atoms with Crippen LogP contribution in [0, 0.1) is 5.82 Å². The number of pyridine rings is 1. The van der Waals surface area contributed by atoms with Crippen molar-refractivity contribution in [1.29, 1.82) is 0 Å². The molecule has 150 valence electrons. The molecular formula is C24H21FN4O. The summed E-state index contributed by atoms with van der Waals surface area (Å²) in [5, 5.41) is 4.68. The Morgan fingerprint density at radius 3 is 2.30 bits per heavy atom. The maximum absolute atomic E-state index is 13.5. The smallest absolute Gasteiger partial charge is 0.232 e. The highest BCUT2D eigenvalue weighted by Crippen LogP contribution is 2.39. The fourth-order valence-electron chi connectivity index (χ4n) is 3.50. The first-order valence-corrected chi connectivity index (χ1v) is 9.58. The van der Waals surface area contributed by atoms with E-state index in [1.165, 1.54) is 12.1 Å². The third kappa shape index (κ3) is 3.85. The molecule has 5 nitrogen and oxygen atoms in total. The van der Waals surface area contributed by atoms with Gasteiger partial charge in [-0.05, 0) is 47.5 Å². The number of hydrogen-bond donors (Lipinski definition) is 0. The van der Waals surface area contributed by atoms with E-state index in [1.807, 2.05) is 42.5 Å². The zero-order valence-electron chi connectivity index (χ0n) is 16.8. The zero-order valence-corrected chi connectivity index (χ0v) is 16.8. The number of carbonyl (C=O) groups excluding carboxylic acids is 1. The van der Waals surface area contributed by atoms with Gasteiger partial charge in [0.2, 0.25) is 5.91 Å². The van der Waals surface area contributed by atoms with Gasteiger partial charge in [-0.15, -0.1) is 0 Å². The van der Waals surface area contributed by atoms with Crippen molar-refractivity contribution in [3.63, 3.8) is 0 Å². The van der Waals surface area contributed by atoms with Crippen LogP contribution >= 0.6 is 0 Å². The van der Waals surface area contributed by atoms with Crippen molar-refractivity contribution in [2.75, 3.05) is 11.9 Å². The van der Waals surface area contributed by atoms with Crippen molar-refractivity contribution in [3.05, 3.63) is 90.5 Å². The molecule has 0 radical (unpaired) electrons. The predicted molar refractivity (Wildman–Crippen MR) is 115 cm³/mol. The lowest BCUT2D eigenvalue weighted by Crippen LogP contribution is -2.30. The number of halogens is 1. The van der Waals surface area contributed by atoms with E-state index in [9.17, 15) is 9.18 Å². The van der Waals surface area contributed by atoms with Crippen molar-refractivity contribution < 1.29 is 9.18 Å². The van der Waals surface area contributed by atoms with Gasteiger partial charge in [-0.1, -0.05) is 30.3 Å². The summed E-state index contributed by atoms with van der Waals surface area (Å²) >= 11 is 0. The fourth-order valence-corrected chi connectivity index (χ4v) is 3.50. The summed E-state index contributed by atoms with van der Waals surface area (Å²) in [5.41, 5.74) is 4.08. The predicted octanol–water partition coefficient (Wildman–Crippen LogP) is 4.49. The molecule has 2 heterocycles. The van der Waals surface area contributed by atoms with Crippen molar-refractivity contribution >= 4 is 11.7 Å². The van der Waals surface area contributed by atoms with Crippen molar-refractivity contribution in [2.45, 2.75) is 6.42 Å². The van der Waals surface area contributed by atoms with Gasteiger partial charge in [0.15, 0.2) is 0 Å². The van der Waals surface area contributed by atoms with Crippen LogP contribution in [0.5, 0.6) is 0 Å². The van der Waals surface area contributed by atoms with Crippen molar-refractivity contribution in [2.24, 2.45) is 7.05 Å². The van der Waals surface area contributed by atoms with E-state index in [0.717, 1.165) is 22.3 Å². The number of amides is 1. The molecule has 0 unspecified atom stereocenters. The van der Waals surface area contributed by atoms with Crippen LogP contribution in [0.2, 0.25) is 0 Å². The maximum Gasteiger partial charge on any atom is 0.232 e. The molecule has 6 heteroatoms. The Hall–Kier alpha value is -3.80. The largest absolute Gasteiger partial charge is 0.299 e. The van der Waals surface area contributed by atoms with E-state index >= 15 is 0 Å². The lowest BCUT2D eigenvalue weighted by Gasteiger charge is -2.19.